The van der Waals surface area contributed by atoms with Crippen LogP contribution in [0.2, 0.25) is 0 Å². The van der Waals surface area contributed by atoms with Crippen molar-refractivity contribution in [2.45, 2.75) is 13.5 Å². The summed E-state index contributed by atoms with van der Waals surface area (Å²) in [5, 5.41) is 0. The lowest BCUT2D eigenvalue weighted by Crippen LogP contribution is -2.21. The van der Waals surface area contributed by atoms with Crippen molar-refractivity contribution in [3.63, 3.8) is 0 Å². The first kappa shape index (κ1) is 13.1. The Kier molecular flexibility index (Phi) is 4.37. The van der Waals surface area contributed by atoms with Gasteiger partial charge >= 0.3 is 0 Å². The highest BCUT2D eigenvalue weighted by Gasteiger charge is 2.06. The van der Waals surface area contributed by atoms with E-state index in [1.54, 1.807) is 0 Å². The van der Waals surface area contributed by atoms with Crippen LogP contribution in [0.5, 0.6) is 0 Å². The van der Waals surface area contributed by atoms with Crippen LogP contribution in [0.4, 0.5) is 10.1 Å². The zero-order chi connectivity index (χ0) is 13.0. The van der Waals surface area contributed by atoms with Crippen LogP contribution in [0, 0.1) is 5.82 Å². The fraction of sp³-hybridized carbons (Fsp3) is 0.200. The highest BCUT2D eigenvalue weighted by molar-refractivity contribution is 9.10. The molecule has 0 fully saturated rings. The van der Waals surface area contributed by atoms with Gasteiger partial charge in [-0.3, -0.25) is 0 Å². The van der Waals surface area contributed by atoms with E-state index in [9.17, 15) is 4.39 Å². The van der Waals surface area contributed by atoms with Gasteiger partial charge in [0.2, 0.25) is 0 Å². The summed E-state index contributed by atoms with van der Waals surface area (Å²) in [6.07, 6.45) is 0. The summed E-state index contributed by atoms with van der Waals surface area (Å²) in [4.78, 5) is 2.25. The number of benzene rings is 2. The van der Waals surface area contributed by atoms with Crippen molar-refractivity contribution in [3.8, 4) is 0 Å². The molecule has 0 spiro atoms. The van der Waals surface area contributed by atoms with Crippen LogP contribution in [-0.4, -0.2) is 6.54 Å². The summed E-state index contributed by atoms with van der Waals surface area (Å²) in [5.74, 6) is -0.221. The summed E-state index contributed by atoms with van der Waals surface area (Å²) in [6.45, 7) is 3.81. The minimum absolute atomic E-state index is 0.221. The lowest BCUT2D eigenvalue weighted by molar-refractivity contribution is 0.620. The molecule has 0 aliphatic heterocycles. The quantitative estimate of drug-likeness (QED) is 0.797. The molecule has 0 unspecified atom stereocenters. The lowest BCUT2D eigenvalue weighted by atomic mass is 10.2. The fourth-order valence-corrected chi connectivity index (χ4v) is 2.31. The third kappa shape index (κ3) is 3.10. The van der Waals surface area contributed by atoms with Crippen molar-refractivity contribution in [1.82, 2.24) is 0 Å². The second-order valence-electron chi connectivity index (χ2n) is 4.10. The van der Waals surface area contributed by atoms with Crippen LogP contribution in [0.1, 0.15) is 12.5 Å². The standard InChI is InChI=1S/C15H15BrFN/c1-2-18(13-6-4-3-5-7-13)11-12-8-9-15(17)14(16)10-12/h3-10H,2,11H2,1H3. The average molecular weight is 308 g/mol. The van der Waals surface area contributed by atoms with E-state index >= 15 is 0 Å². The van der Waals surface area contributed by atoms with Crippen molar-refractivity contribution in [3.05, 3.63) is 64.4 Å². The monoisotopic (exact) mass is 307 g/mol. The molecule has 0 aliphatic rings. The van der Waals surface area contributed by atoms with E-state index in [1.807, 2.05) is 30.3 Å². The Morgan fingerprint density at radius 3 is 2.44 bits per heavy atom. The average Bonchev–Trinajstić information content (AvgIpc) is 2.41. The van der Waals surface area contributed by atoms with Crippen molar-refractivity contribution < 1.29 is 4.39 Å². The number of halogens is 2. The van der Waals surface area contributed by atoms with E-state index in [0.717, 1.165) is 18.7 Å². The Morgan fingerprint density at radius 2 is 1.83 bits per heavy atom. The number of anilines is 1. The lowest BCUT2D eigenvalue weighted by Gasteiger charge is -2.23. The zero-order valence-electron chi connectivity index (χ0n) is 10.2. The van der Waals surface area contributed by atoms with Gasteiger partial charge in [0.05, 0.1) is 4.47 Å². The molecule has 0 radical (unpaired) electrons. The molecule has 0 saturated carbocycles. The fourth-order valence-electron chi connectivity index (χ4n) is 1.88. The van der Waals surface area contributed by atoms with Crippen molar-refractivity contribution >= 4 is 21.6 Å². The molecule has 0 saturated heterocycles. The summed E-state index contributed by atoms with van der Waals surface area (Å²) >= 11 is 3.22. The molecule has 0 bridgehead atoms. The summed E-state index contributed by atoms with van der Waals surface area (Å²) in [6, 6.07) is 15.4. The Morgan fingerprint density at radius 1 is 1.11 bits per heavy atom. The van der Waals surface area contributed by atoms with Gasteiger partial charge in [-0.2, -0.15) is 0 Å². The van der Waals surface area contributed by atoms with E-state index in [1.165, 1.54) is 11.8 Å². The summed E-state index contributed by atoms with van der Waals surface area (Å²) in [7, 11) is 0. The minimum Gasteiger partial charge on any atom is -0.367 e. The van der Waals surface area contributed by atoms with Crippen LogP contribution in [-0.2, 0) is 6.54 Å². The maximum absolute atomic E-state index is 13.2. The van der Waals surface area contributed by atoms with Crippen molar-refractivity contribution in [2.75, 3.05) is 11.4 Å². The van der Waals surface area contributed by atoms with Crippen LogP contribution in [0.15, 0.2) is 53.0 Å². The molecule has 0 aromatic heterocycles. The molecule has 0 N–H and O–H groups in total. The topological polar surface area (TPSA) is 3.24 Å². The third-order valence-electron chi connectivity index (χ3n) is 2.86. The van der Waals surface area contributed by atoms with Gasteiger partial charge in [-0.05, 0) is 52.7 Å². The highest BCUT2D eigenvalue weighted by atomic mass is 79.9. The van der Waals surface area contributed by atoms with E-state index in [4.69, 9.17) is 0 Å². The molecule has 3 heteroatoms. The molecule has 0 amide bonds. The van der Waals surface area contributed by atoms with Crippen molar-refractivity contribution in [2.24, 2.45) is 0 Å². The van der Waals surface area contributed by atoms with Gasteiger partial charge < -0.3 is 4.90 Å². The molecule has 2 rings (SSSR count). The second-order valence-corrected chi connectivity index (χ2v) is 4.95. The Bertz CT molecular complexity index is 513. The van der Waals surface area contributed by atoms with Gasteiger partial charge in [0, 0.05) is 18.8 Å². The Labute approximate surface area is 115 Å². The normalized spacial score (nSPS) is 10.4. The highest BCUT2D eigenvalue weighted by Crippen LogP contribution is 2.20. The number of hydrogen-bond donors (Lipinski definition) is 0. The van der Waals surface area contributed by atoms with Crippen LogP contribution in [0.3, 0.4) is 0 Å². The number of para-hydroxylation sites is 1. The van der Waals surface area contributed by atoms with Gasteiger partial charge in [-0.1, -0.05) is 24.3 Å². The molecule has 18 heavy (non-hydrogen) atoms. The predicted octanol–water partition coefficient (Wildman–Crippen LogP) is 4.61. The smallest absolute Gasteiger partial charge is 0.137 e. The molecule has 94 valence electrons. The molecular formula is C15H15BrFN. The molecular weight excluding hydrogens is 293 g/mol. The number of nitrogens with zero attached hydrogens (tertiary/aromatic N) is 1. The van der Waals surface area contributed by atoms with Crippen LogP contribution in [0.25, 0.3) is 0 Å². The van der Waals surface area contributed by atoms with E-state index < -0.39 is 0 Å². The number of hydrogen-bond acceptors (Lipinski definition) is 1. The van der Waals surface area contributed by atoms with Gasteiger partial charge in [0.15, 0.2) is 0 Å². The minimum atomic E-state index is -0.221. The SMILES string of the molecule is CCN(Cc1ccc(F)c(Br)c1)c1ccccc1. The Hall–Kier alpha value is -1.35. The van der Waals surface area contributed by atoms with E-state index in [0.29, 0.717) is 4.47 Å². The van der Waals surface area contributed by atoms with Crippen LogP contribution >= 0.6 is 15.9 Å². The Balaban J connectivity index is 2.18. The largest absolute Gasteiger partial charge is 0.367 e. The predicted molar refractivity (Wildman–Crippen MR) is 77.3 cm³/mol. The first-order valence-electron chi connectivity index (χ1n) is 5.94. The zero-order valence-corrected chi connectivity index (χ0v) is 11.8. The van der Waals surface area contributed by atoms with E-state index in [2.05, 4.69) is 39.9 Å². The first-order valence-corrected chi connectivity index (χ1v) is 6.74. The molecule has 1 nitrogen and oxygen atoms in total. The number of rotatable bonds is 4. The molecule has 0 atom stereocenters. The van der Waals surface area contributed by atoms with Gasteiger partial charge in [-0.15, -0.1) is 0 Å². The molecule has 2 aromatic carbocycles. The molecule has 0 aliphatic carbocycles. The molecule has 2 aromatic rings. The van der Waals surface area contributed by atoms with Crippen LogP contribution < -0.4 is 4.90 Å². The molecule has 0 heterocycles. The maximum Gasteiger partial charge on any atom is 0.137 e. The first-order chi connectivity index (χ1) is 8.70. The van der Waals surface area contributed by atoms with Gasteiger partial charge in [-0.25, -0.2) is 4.39 Å². The maximum atomic E-state index is 13.2. The van der Waals surface area contributed by atoms with Crippen molar-refractivity contribution in [1.29, 1.82) is 0 Å². The third-order valence-corrected chi connectivity index (χ3v) is 3.47. The summed E-state index contributed by atoms with van der Waals surface area (Å²) < 4.78 is 13.7. The second kappa shape index (κ2) is 6.01. The van der Waals surface area contributed by atoms with E-state index in [-0.39, 0.29) is 5.82 Å². The van der Waals surface area contributed by atoms with Gasteiger partial charge in [0.25, 0.3) is 0 Å². The summed E-state index contributed by atoms with van der Waals surface area (Å²) in [5.41, 5.74) is 2.27. The van der Waals surface area contributed by atoms with Gasteiger partial charge in [0.1, 0.15) is 5.82 Å².